The molecule has 2 atom stereocenters. The van der Waals surface area contributed by atoms with Gasteiger partial charge >= 0.3 is 0 Å². The Labute approximate surface area is 137 Å². The van der Waals surface area contributed by atoms with Crippen molar-refractivity contribution in [1.82, 2.24) is 10.6 Å². The largest absolute Gasteiger partial charge is 0.396 e. The van der Waals surface area contributed by atoms with Gasteiger partial charge in [-0.05, 0) is 63.4 Å². The Morgan fingerprint density at radius 2 is 2.10 bits per heavy atom. The number of rotatable bonds is 4. The molecule has 5 heteroatoms. The van der Waals surface area contributed by atoms with Crippen molar-refractivity contribution in [2.45, 2.75) is 44.7 Å². The van der Waals surface area contributed by atoms with E-state index in [0.717, 1.165) is 23.4 Å². The first-order chi connectivity index (χ1) is 9.78. The molecule has 1 aliphatic rings. The summed E-state index contributed by atoms with van der Waals surface area (Å²) >= 11 is 11.8. The van der Waals surface area contributed by atoms with Crippen molar-refractivity contribution in [3.63, 3.8) is 0 Å². The molecule has 1 aliphatic carbocycles. The van der Waals surface area contributed by atoms with Gasteiger partial charge in [0.25, 0.3) is 0 Å². The van der Waals surface area contributed by atoms with Gasteiger partial charge in [-0.25, -0.2) is 0 Å². The first-order valence-electron chi connectivity index (χ1n) is 7.25. The van der Waals surface area contributed by atoms with E-state index in [-0.39, 0.29) is 17.7 Å². The lowest BCUT2D eigenvalue weighted by Crippen LogP contribution is -2.50. The zero-order valence-corrected chi connectivity index (χ0v) is 14.3. The van der Waals surface area contributed by atoms with E-state index >= 15 is 0 Å². The zero-order chi connectivity index (χ0) is 15.7. The van der Waals surface area contributed by atoms with Crippen LogP contribution in [0.15, 0.2) is 24.3 Å². The molecular formula is C16H23ClN2OS. The number of aliphatic hydroxyl groups excluding tert-OH is 1. The summed E-state index contributed by atoms with van der Waals surface area (Å²) in [7, 11) is 0. The van der Waals surface area contributed by atoms with E-state index in [4.69, 9.17) is 23.8 Å². The molecule has 1 saturated carbocycles. The van der Waals surface area contributed by atoms with Crippen LogP contribution in [0.3, 0.4) is 0 Å². The first kappa shape index (κ1) is 16.5. The molecule has 0 radical (unpaired) electrons. The fraction of sp³-hybridized carbons (Fsp3) is 0.562. The number of hydrogen-bond acceptors (Lipinski definition) is 2. The van der Waals surface area contributed by atoms with Gasteiger partial charge in [0.2, 0.25) is 0 Å². The third kappa shape index (κ3) is 3.87. The smallest absolute Gasteiger partial charge is 0.167 e. The molecule has 0 heterocycles. The Hall–Kier alpha value is -0.840. The van der Waals surface area contributed by atoms with Gasteiger partial charge in [0.1, 0.15) is 0 Å². The second-order valence-corrected chi connectivity index (χ2v) is 7.51. The van der Waals surface area contributed by atoms with Gasteiger partial charge in [-0.3, -0.25) is 0 Å². The van der Waals surface area contributed by atoms with Crippen LogP contribution in [0.25, 0.3) is 0 Å². The van der Waals surface area contributed by atoms with Crippen molar-refractivity contribution in [2.75, 3.05) is 6.61 Å². The fourth-order valence-corrected chi connectivity index (χ4v) is 3.57. The number of thiocarbonyl (C=S) groups is 1. The summed E-state index contributed by atoms with van der Waals surface area (Å²) < 4.78 is 0. The SMILES string of the molecule is CC(C)(C)NC(=S)N[C@@]1(c2ccccc2Cl)C[C@H]1CCO. The summed E-state index contributed by atoms with van der Waals surface area (Å²) in [5.74, 6) is 0.349. The number of hydrogen-bond donors (Lipinski definition) is 3. The quantitative estimate of drug-likeness (QED) is 0.743. The van der Waals surface area contributed by atoms with Gasteiger partial charge in [0.15, 0.2) is 5.11 Å². The Bertz CT molecular complexity index is 529. The summed E-state index contributed by atoms with van der Waals surface area (Å²) in [5, 5.41) is 17.3. The van der Waals surface area contributed by atoms with Crippen molar-refractivity contribution < 1.29 is 5.11 Å². The molecule has 116 valence electrons. The van der Waals surface area contributed by atoms with Crippen LogP contribution in [-0.4, -0.2) is 22.4 Å². The van der Waals surface area contributed by atoms with E-state index in [9.17, 15) is 5.11 Å². The molecule has 2 rings (SSSR count). The highest BCUT2D eigenvalue weighted by atomic mass is 35.5. The Balaban J connectivity index is 2.21. The van der Waals surface area contributed by atoms with Gasteiger partial charge in [-0.2, -0.15) is 0 Å². The maximum Gasteiger partial charge on any atom is 0.167 e. The predicted octanol–water partition coefficient (Wildman–Crippen LogP) is 3.20. The predicted molar refractivity (Wildman–Crippen MR) is 91.6 cm³/mol. The van der Waals surface area contributed by atoms with Crippen molar-refractivity contribution in [3.05, 3.63) is 34.9 Å². The van der Waals surface area contributed by atoms with Crippen LogP contribution in [0.5, 0.6) is 0 Å². The Morgan fingerprint density at radius 1 is 1.43 bits per heavy atom. The minimum absolute atomic E-state index is 0.0902. The molecule has 0 aliphatic heterocycles. The molecule has 0 aromatic heterocycles. The Kier molecular flexibility index (Phi) is 4.81. The van der Waals surface area contributed by atoms with E-state index in [2.05, 4.69) is 31.4 Å². The molecule has 0 unspecified atom stereocenters. The topological polar surface area (TPSA) is 44.3 Å². The first-order valence-corrected chi connectivity index (χ1v) is 8.03. The van der Waals surface area contributed by atoms with Gasteiger partial charge in [-0.15, -0.1) is 0 Å². The van der Waals surface area contributed by atoms with E-state index in [1.54, 1.807) is 0 Å². The highest BCUT2D eigenvalue weighted by molar-refractivity contribution is 7.80. The van der Waals surface area contributed by atoms with E-state index in [0.29, 0.717) is 11.0 Å². The van der Waals surface area contributed by atoms with Crippen LogP contribution in [0, 0.1) is 5.92 Å². The molecule has 0 spiro atoms. The lowest BCUT2D eigenvalue weighted by Gasteiger charge is -2.28. The maximum atomic E-state index is 9.24. The van der Waals surface area contributed by atoms with Crippen molar-refractivity contribution in [1.29, 1.82) is 0 Å². The number of benzene rings is 1. The standard InChI is InChI=1S/C16H23ClN2OS/c1-15(2,3)18-14(21)19-16(10-11(16)8-9-20)12-6-4-5-7-13(12)17/h4-7,11,20H,8-10H2,1-3H3,(H2,18,19,21)/t11-,16+/m1/s1. The molecule has 0 amide bonds. The third-order valence-corrected chi connectivity index (χ3v) is 4.30. The number of nitrogens with one attached hydrogen (secondary N) is 2. The monoisotopic (exact) mass is 326 g/mol. The van der Waals surface area contributed by atoms with Crippen LogP contribution in [0.2, 0.25) is 5.02 Å². The second kappa shape index (κ2) is 6.11. The van der Waals surface area contributed by atoms with Crippen molar-refractivity contribution >= 4 is 28.9 Å². The highest BCUT2D eigenvalue weighted by Crippen LogP contribution is 2.55. The normalized spacial score (nSPS) is 24.5. The minimum Gasteiger partial charge on any atom is -0.396 e. The number of halogens is 1. The summed E-state index contributed by atoms with van der Waals surface area (Å²) in [6, 6.07) is 7.84. The maximum absolute atomic E-state index is 9.24. The lowest BCUT2D eigenvalue weighted by molar-refractivity contribution is 0.273. The van der Waals surface area contributed by atoms with Crippen LogP contribution < -0.4 is 10.6 Å². The van der Waals surface area contributed by atoms with Crippen molar-refractivity contribution in [3.8, 4) is 0 Å². The average Bonchev–Trinajstić information content (AvgIpc) is 3.01. The molecule has 1 aromatic carbocycles. The number of aliphatic hydroxyl groups is 1. The van der Waals surface area contributed by atoms with Gasteiger partial charge in [0.05, 0.1) is 5.54 Å². The van der Waals surface area contributed by atoms with Crippen LogP contribution in [-0.2, 0) is 5.54 Å². The molecular weight excluding hydrogens is 304 g/mol. The van der Waals surface area contributed by atoms with E-state index in [1.807, 2.05) is 24.3 Å². The van der Waals surface area contributed by atoms with Gasteiger partial charge < -0.3 is 15.7 Å². The molecule has 0 bridgehead atoms. The highest BCUT2D eigenvalue weighted by Gasteiger charge is 2.56. The summed E-state index contributed by atoms with van der Waals surface area (Å²) in [6.07, 6.45) is 1.68. The van der Waals surface area contributed by atoms with Crippen LogP contribution in [0.4, 0.5) is 0 Å². The van der Waals surface area contributed by atoms with Gasteiger partial charge in [-0.1, -0.05) is 29.8 Å². The third-order valence-electron chi connectivity index (χ3n) is 3.76. The molecule has 3 N–H and O–H groups in total. The molecule has 1 fully saturated rings. The van der Waals surface area contributed by atoms with Crippen LogP contribution in [0.1, 0.15) is 39.2 Å². The molecule has 0 saturated heterocycles. The summed E-state index contributed by atoms with van der Waals surface area (Å²) in [5.41, 5.74) is 0.715. The lowest BCUT2D eigenvalue weighted by atomic mass is 10.0. The van der Waals surface area contributed by atoms with Gasteiger partial charge in [0, 0.05) is 17.2 Å². The van der Waals surface area contributed by atoms with E-state index < -0.39 is 0 Å². The molecule has 1 aromatic rings. The van der Waals surface area contributed by atoms with Crippen molar-refractivity contribution in [2.24, 2.45) is 5.92 Å². The summed E-state index contributed by atoms with van der Waals surface area (Å²) in [6.45, 7) is 6.39. The second-order valence-electron chi connectivity index (χ2n) is 6.69. The fourth-order valence-electron chi connectivity index (χ4n) is 2.78. The minimum atomic E-state index is -0.254. The zero-order valence-electron chi connectivity index (χ0n) is 12.7. The summed E-state index contributed by atoms with van der Waals surface area (Å²) in [4.78, 5) is 0. The Morgan fingerprint density at radius 3 is 2.67 bits per heavy atom. The molecule has 21 heavy (non-hydrogen) atoms. The average molecular weight is 327 g/mol. The molecule has 3 nitrogen and oxygen atoms in total. The van der Waals surface area contributed by atoms with E-state index in [1.165, 1.54) is 0 Å². The van der Waals surface area contributed by atoms with Crippen LogP contribution >= 0.6 is 23.8 Å².